The predicted octanol–water partition coefficient (Wildman–Crippen LogP) is 4.96. The van der Waals surface area contributed by atoms with Crippen LogP contribution in [0.25, 0.3) is 22.5 Å². The van der Waals surface area contributed by atoms with E-state index in [4.69, 9.17) is 27.7 Å². The Kier molecular flexibility index (Phi) is 5.39. The average Bonchev–Trinajstić information content (AvgIpc) is 3.10. The van der Waals surface area contributed by atoms with E-state index in [1.807, 2.05) is 6.07 Å². The van der Waals surface area contributed by atoms with Crippen LogP contribution in [0.5, 0.6) is 0 Å². The molecule has 0 saturated carbocycles. The highest BCUT2D eigenvalue weighted by Crippen LogP contribution is 2.37. The summed E-state index contributed by atoms with van der Waals surface area (Å²) in [6.07, 6.45) is 0. The van der Waals surface area contributed by atoms with E-state index in [0.29, 0.717) is 32.8 Å². The number of amides is 1. The van der Waals surface area contributed by atoms with Crippen molar-refractivity contribution in [1.29, 1.82) is 0 Å². The molecule has 2 aromatic heterocycles. The fourth-order valence-corrected chi connectivity index (χ4v) is 3.57. The van der Waals surface area contributed by atoms with Crippen LogP contribution in [0, 0.1) is 6.92 Å². The van der Waals surface area contributed by atoms with Crippen LogP contribution in [0.15, 0.2) is 63.9 Å². The van der Waals surface area contributed by atoms with Gasteiger partial charge in [-0.25, -0.2) is 5.10 Å². The topological polar surface area (TPSA) is 101 Å². The second-order valence-electron chi connectivity index (χ2n) is 6.40. The summed E-state index contributed by atoms with van der Waals surface area (Å²) in [6.45, 7) is 1.64. The molecule has 4 aromatic rings. The van der Waals surface area contributed by atoms with Crippen molar-refractivity contribution < 1.29 is 9.32 Å². The number of aromatic amines is 1. The molecule has 1 amide bonds. The predicted molar refractivity (Wildman–Crippen MR) is 115 cm³/mol. The molecular weight excluding hydrogens is 427 g/mol. The van der Waals surface area contributed by atoms with Gasteiger partial charge in [-0.3, -0.25) is 9.59 Å². The molecule has 0 saturated heterocycles. The van der Waals surface area contributed by atoms with E-state index in [2.05, 4.69) is 20.7 Å². The first-order chi connectivity index (χ1) is 14.4. The highest BCUT2D eigenvalue weighted by Gasteiger charge is 2.25. The zero-order valence-electron chi connectivity index (χ0n) is 15.6. The summed E-state index contributed by atoms with van der Waals surface area (Å²) < 4.78 is 5.25. The molecule has 0 radical (unpaired) electrons. The van der Waals surface area contributed by atoms with Gasteiger partial charge in [0.05, 0.1) is 15.7 Å². The number of carbonyl (C=O) groups excluding carboxylic acids is 1. The quantitative estimate of drug-likeness (QED) is 0.466. The maximum absolute atomic E-state index is 13.0. The molecule has 0 atom stereocenters. The summed E-state index contributed by atoms with van der Waals surface area (Å²) in [4.78, 5) is 24.3. The first-order valence-corrected chi connectivity index (χ1v) is 9.58. The van der Waals surface area contributed by atoms with Crippen molar-refractivity contribution in [3.05, 3.63) is 86.3 Å². The molecule has 0 aliphatic rings. The molecule has 0 aliphatic heterocycles. The van der Waals surface area contributed by atoms with Crippen LogP contribution < -0.4 is 10.9 Å². The molecule has 0 aliphatic carbocycles. The van der Waals surface area contributed by atoms with Crippen molar-refractivity contribution in [1.82, 2.24) is 15.4 Å². The molecule has 2 N–H and O–H groups in total. The molecule has 2 aromatic carbocycles. The van der Waals surface area contributed by atoms with Gasteiger partial charge in [0.25, 0.3) is 11.5 Å². The normalized spacial score (nSPS) is 10.8. The van der Waals surface area contributed by atoms with E-state index in [9.17, 15) is 9.59 Å². The largest absolute Gasteiger partial charge is 0.360 e. The summed E-state index contributed by atoms with van der Waals surface area (Å²) in [5.74, 6) is -0.0942. The van der Waals surface area contributed by atoms with E-state index in [1.54, 1.807) is 49.4 Å². The van der Waals surface area contributed by atoms with Crippen molar-refractivity contribution in [3.63, 3.8) is 0 Å². The van der Waals surface area contributed by atoms with Gasteiger partial charge in [0.2, 0.25) is 0 Å². The van der Waals surface area contributed by atoms with Crippen molar-refractivity contribution >= 4 is 34.8 Å². The van der Waals surface area contributed by atoms with Gasteiger partial charge in [-0.2, -0.15) is 5.10 Å². The second-order valence-corrected chi connectivity index (χ2v) is 7.21. The van der Waals surface area contributed by atoms with E-state index in [1.165, 1.54) is 6.07 Å². The van der Waals surface area contributed by atoms with Crippen LogP contribution in [-0.2, 0) is 0 Å². The number of rotatable bonds is 4. The first-order valence-electron chi connectivity index (χ1n) is 8.82. The molecular formula is C21H14Cl2N4O3. The van der Waals surface area contributed by atoms with E-state index < -0.39 is 5.91 Å². The molecule has 2 heterocycles. The molecule has 0 fully saturated rings. The Labute approximate surface area is 180 Å². The number of hydrogen-bond acceptors (Lipinski definition) is 5. The summed E-state index contributed by atoms with van der Waals surface area (Å²) in [5.41, 5.74) is 2.45. The number of hydrogen-bond donors (Lipinski definition) is 2. The van der Waals surface area contributed by atoms with Crippen molar-refractivity contribution in [2.75, 3.05) is 5.32 Å². The molecule has 4 rings (SSSR count). The van der Waals surface area contributed by atoms with Crippen molar-refractivity contribution in [2.45, 2.75) is 6.92 Å². The van der Waals surface area contributed by atoms with Gasteiger partial charge in [0, 0.05) is 22.9 Å². The molecule has 0 unspecified atom stereocenters. The Hall–Kier alpha value is -3.42. The summed E-state index contributed by atoms with van der Waals surface area (Å²) in [7, 11) is 0. The van der Waals surface area contributed by atoms with Gasteiger partial charge >= 0.3 is 0 Å². The van der Waals surface area contributed by atoms with Gasteiger partial charge in [-0.1, -0.05) is 46.6 Å². The number of aromatic nitrogens is 3. The highest BCUT2D eigenvalue weighted by atomic mass is 35.5. The smallest absolute Gasteiger partial charge is 0.264 e. The second kappa shape index (κ2) is 8.14. The Bertz CT molecular complexity index is 1270. The Morgan fingerprint density at radius 1 is 1.07 bits per heavy atom. The van der Waals surface area contributed by atoms with Crippen LogP contribution in [0.4, 0.5) is 5.69 Å². The van der Waals surface area contributed by atoms with Gasteiger partial charge in [0.1, 0.15) is 17.0 Å². The molecule has 150 valence electrons. The van der Waals surface area contributed by atoms with Gasteiger partial charge in [-0.15, -0.1) is 0 Å². The number of H-pyrrole nitrogens is 1. The third-order valence-electron chi connectivity index (χ3n) is 4.38. The summed E-state index contributed by atoms with van der Waals surface area (Å²) >= 11 is 12.6. The highest BCUT2D eigenvalue weighted by molar-refractivity contribution is 6.39. The lowest BCUT2D eigenvalue weighted by atomic mass is 10.0. The number of benzene rings is 2. The van der Waals surface area contributed by atoms with Gasteiger partial charge < -0.3 is 9.84 Å². The fourth-order valence-electron chi connectivity index (χ4n) is 2.99. The van der Waals surface area contributed by atoms with Crippen LogP contribution in [0.1, 0.15) is 16.1 Å². The molecule has 7 nitrogen and oxygen atoms in total. The third-order valence-corrected chi connectivity index (χ3v) is 5.01. The Morgan fingerprint density at radius 2 is 1.80 bits per heavy atom. The molecule has 0 spiro atoms. The number of halogens is 2. The number of anilines is 1. The summed E-state index contributed by atoms with van der Waals surface area (Å²) in [6, 6.07) is 15.1. The van der Waals surface area contributed by atoms with Gasteiger partial charge in [-0.05, 0) is 37.3 Å². The third kappa shape index (κ3) is 3.85. The zero-order valence-corrected chi connectivity index (χ0v) is 17.1. The lowest BCUT2D eigenvalue weighted by Gasteiger charge is -2.09. The molecule has 9 heteroatoms. The van der Waals surface area contributed by atoms with Crippen molar-refractivity contribution in [3.8, 4) is 22.5 Å². The van der Waals surface area contributed by atoms with Crippen molar-refractivity contribution in [2.24, 2.45) is 0 Å². The van der Waals surface area contributed by atoms with Crippen LogP contribution >= 0.6 is 23.2 Å². The monoisotopic (exact) mass is 440 g/mol. The standard InChI is InChI=1S/C21H14Cl2N4O3/c1-11-18(20(27-30-11)19-14(22)6-3-7-15(19)23)21(29)24-13-5-2-4-12(10-13)16-8-9-17(28)26-25-16/h2-10H,1H3,(H,24,29)(H,26,28). The fraction of sp³-hybridized carbons (Fsp3) is 0.0476. The van der Waals surface area contributed by atoms with Crippen LogP contribution in [0.2, 0.25) is 10.0 Å². The summed E-state index contributed by atoms with van der Waals surface area (Å²) in [5, 5.41) is 13.9. The van der Waals surface area contributed by atoms with E-state index in [-0.39, 0.29) is 16.8 Å². The minimum Gasteiger partial charge on any atom is -0.360 e. The number of nitrogens with zero attached hydrogens (tertiary/aromatic N) is 2. The molecule has 0 bridgehead atoms. The van der Waals surface area contributed by atoms with E-state index >= 15 is 0 Å². The zero-order chi connectivity index (χ0) is 21.3. The first kappa shape index (κ1) is 19.9. The maximum Gasteiger partial charge on any atom is 0.264 e. The van der Waals surface area contributed by atoms with E-state index in [0.717, 1.165) is 5.56 Å². The van der Waals surface area contributed by atoms with Crippen LogP contribution in [-0.4, -0.2) is 21.3 Å². The van der Waals surface area contributed by atoms with Crippen LogP contribution in [0.3, 0.4) is 0 Å². The number of nitrogens with one attached hydrogen (secondary N) is 2. The lowest BCUT2D eigenvalue weighted by molar-refractivity contribution is 0.102. The number of aryl methyl sites for hydroxylation is 1. The average molecular weight is 441 g/mol. The maximum atomic E-state index is 13.0. The SMILES string of the molecule is Cc1onc(-c2c(Cl)cccc2Cl)c1C(=O)Nc1cccc(-c2ccc(=O)[nH]n2)c1. The minimum absolute atomic E-state index is 0.234. The Balaban J connectivity index is 1.68. The van der Waals surface area contributed by atoms with Gasteiger partial charge in [0.15, 0.2) is 0 Å². The Morgan fingerprint density at radius 3 is 2.50 bits per heavy atom. The minimum atomic E-state index is -0.425. The number of carbonyl (C=O) groups is 1. The molecule has 30 heavy (non-hydrogen) atoms. The lowest BCUT2D eigenvalue weighted by Crippen LogP contribution is -2.13.